The van der Waals surface area contributed by atoms with Crippen molar-refractivity contribution in [3.63, 3.8) is 0 Å². The second kappa shape index (κ2) is 4.11. The molecule has 1 saturated carbocycles. The third-order valence-electron chi connectivity index (χ3n) is 2.77. The van der Waals surface area contributed by atoms with Gasteiger partial charge in [-0.3, -0.25) is 0 Å². The van der Waals surface area contributed by atoms with Gasteiger partial charge >= 0.3 is 0 Å². The normalized spacial score (nSPS) is 23.5. The van der Waals surface area contributed by atoms with Crippen molar-refractivity contribution >= 4 is 22.0 Å². The number of nitrogens with one attached hydrogen (secondary N) is 1. The zero-order chi connectivity index (χ0) is 10.8. The summed E-state index contributed by atoms with van der Waals surface area (Å²) in [4.78, 5) is 0.616. The Morgan fingerprint density at radius 3 is 3.13 bits per heavy atom. The molecule has 2 atom stereocenters. The molecular formula is C11H15N3S. The van der Waals surface area contributed by atoms with Crippen LogP contribution >= 0.6 is 11.3 Å². The van der Waals surface area contributed by atoms with E-state index in [9.17, 15) is 0 Å². The van der Waals surface area contributed by atoms with Crippen LogP contribution < -0.4 is 11.1 Å². The first kappa shape index (κ1) is 10.3. The Morgan fingerprint density at radius 1 is 1.73 bits per heavy atom. The maximum absolute atomic E-state index is 8.77. The number of rotatable bonds is 4. The van der Waals surface area contributed by atoms with E-state index in [0.29, 0.717) is 16.6 Å². The van der Waals surface area contributed by atoms with Crippen LogP contribution in [-0.4, -0.2) is 6.04 Å². The van der Waals surface area contributed by atoms with Crippen LogP contribution in [0.3, 0.4) is 0 Å². The van der Waals surface area contributed by atoms with Gasteiger partial charge in [0.1, 0.15) is 10.9 Å². The maximum Gasteiger partial charge on any atom is 0.129 e. The molecule has 3 N–H and O–H groups in total. The molecule has 0 radical (unpaired) electrons. The van der Waals surface area contributed by atoms with Crippen molar-refractivity contribution in [1.82, 2.24) is 0 Å². The van der Waals surface area contributed by atoms with Crippen LogP contribution in [0.4, 0.5) is 10.7 Å². The number of nitrogen functional groups attached to an aromatic ring is 1. The lowest BCUT2D eigenvalue weighted by Crippen LogP contribution is -2.02. The number of nitriles is 1. The van der Waals surface area contributed by atoms with Gasteiger partial charge < -0.3 is 11.1 Å². The van der Waals surface area contributed by atoms with Gasteiger partial charge in [0.15, 0.2) is 0 Å². The SMILES string of the molecule is CCCC1CC1Nc1cc(N)c(C#N)s1. The Morgan fingerprint density at radius 2 is 2.53 bits per heavy atom. The van der Waals surface area contributed by atoms with Crippen LogP contribution in [0.15, 0.2) is 6.07 Å². The fraction of sp³-hybridized carbons (Fsp3) is 0.545. The molecule has 0 bridgehead atoms. The lowest BCUT2D eigenvalue weighted by molar-refractivity contribution is 0.693. The molecule has 0 aliphatic heterocycles. The number of hydrogen-bond donors (Lipinski definition) is 2. The molecule has 15 heavy (non-hydrogen) atoms. The topological polar surface area (TPSA) is 61.8 Å². The molecule has 4 heteroatoms. The molecule has 1 aliphatic carbocycles. The van der Waals surface area contributed by atoms with Crippen LogP contribution in [0, 0.1) is 17.2 Å². The lowest BCUT2D eigenvalue weighted by atomic mass is 10.2. The monoisotopic (exact) mass is 221 g/mol. The number of thiophene rings is 1. The number of anilines is 2. The fourth-order valence-corrected chi connectivity index (χ4v) is 2.70. The van der Waals surface area contributed by atoms with Gasteiger partial charge in [-0.15, -0.1) is 11.3 Å². The number of hydrogen-bond acceptors (Lipinski definition) is 4. The average Bonchev–Trinajstić information content (AvgIpc) is 2.81. The van der Waals surface area contributed by atoms with Crippen molar-refractivity contribution in [1.29, 1.82) is 5.26 Å². The van der Waals surface area contributed by atoms with Crippen LogP contribution in [0.2, 0.25) is 0 Å². The lowest BCUT2D eigenvalue weighted by Gasteiger charge is -2.00. The van der Waals surface area contributed by atoms with Crippen molar-refractivity contribution in [3.8, 4) is 6.07 Å². The minimum atomic E-state index is 0.595. The molecule has 0 saturated heterocycles. The predicted molar refractivity (Wildman–Crippen MR) is 63.9 cm³/mol. The number of nitrogens with two attached hydrogens (primary N) is 1. The zero-order valence-corrected chi connectivity index (χ0v) is 9.60. The quantitative estimate of drug-likeness (QED) is 0.821. The molecule has 1 aliphatic rings. The molecule has 0 spiro atoms. The number of nitrogens with zero attached hydrogens (tertiary/aromatic N) is 1. The van der Waals surface area contributed by atoms with E-state index in [1.807, 2.05) is 6.07 Å². The van der Waals surface area contributed by atoms with Gasteiger partial charge in [0, 0.05) is 6.04 Å². The van der Waals surface area contributed by atoms with Gasteiger partial charge in [0.25, 0.3) is 0 Å². The van der Waals surface area contributed by atoms with E-state index in [-0.39, 0.29) is 0 Å². The zero-order valence-electron chi connectivity index (χ0n) is 8.79. The Labute approximate surface area is 93.9 Å². The molecule has 1 aromatic rings. The van der Waals surface area contributed by atoms with Crippen LogP contribution in [0.1, 0.15) is 31.1 Å². The summed E-state index contributed by atoms with van der Waals surface area (Å²) in [5, 5.41) is 13.2. The van der Waals surface area contributed by atoms with Gasteiger partial charge in [0.05, 0.1) is 10.7 Å². The Hall–Kier alpha value is -1.21. The molecule has 80 valence electrons. The Kier molecular flexibility index (Phi) is 2.83. The molecule has 1 heterocycles. The van der Waals surface area contributed by atoms with E-state index in [4.69, 9.17) is 11.0 Å². The maximum atomic E-state index is 8.77. The van der Waals surface area contributed by atoms with Crippen LogP contribution in [0.5, 0.6) is 0 Å². The first-order chi connectivity index (χ1) is 7.24. The summed E-state index contributed by atoms with van der Waals surface area (Å²) in [6.07, 6.45) is 3.80. The van der Waals surface area contributed by atoms with E-state index < -0.39 is 0 Å². The Balaban J connectivity index is 1.93. The summed E-state index contributed by atoms with van der Waals surface area (Å²) in [6.45, 7) is 2.21. The second-order valence-electron chi connectivity index (χ2n) is 4.04. The highest BCUT2D eigenvalue weighted by Crippen LogP contribution is 2.39. The summed E-state index contributed by atoms with van der Waals surface area (Å²) >= 11 is 1.45. The third kappa shape index (κ3) is 2.24. The summed E-state index contributed by atoms with van der Waals surface area (Å²) in [5.74, 6) is 0.823. The molecule has 1 aromatic heterocycles. The van der Waals surface area contributed by atoms with E-state index in [2.05, 4.69) is 18.3 Å². The molecule has 0 aromatic carbocycles. The van der Waals surface area contributed by atoms with E-state index in [1.54, 1.807) is 0 Å². The summed E-state index contributed by atoms with van der Waals surface area (Å²) in [7, 11) is 0. The molecular weight excluding hydrogens is 206 g/mol. The minimum Gasteiger partial charge on any atom is -0.397 e. The summed E-state index contributed by atoms with van der Waals surface area (Å²) < 4.78 is 0. The van der Waals surface area contributed by atoms with E-state index >= 15 is 0 Å². The standard InChI is InChI=1S/C11H15N3S/c1-2-3-7-4-9(7)14-11-5-8(13)10(6-12)15-11/h5,7,9,14H,2-4,13H2,1H3. The van der Waals surface area contributed by atoms with Crippen molar-refractivity contribution in [2.75, 3.05) is 11.1 Å². The molecule has 0 amide bonds. The largest absolute Gasteiger partial charge is 0.397 e. The average molecular weight is 221 g/mol. The smallest absolute Gasteiger partial charge is 0.129 e. The molecule has 2 rings (SSSR count). The van der Waals surface area contributed by atoms with Gasteiger partial charge in [-0.25, -0.2) is 0 Å². The van der Waals surface area contributed by atoms with Crippen LogP contribution in [0.25, 0.3) is 0 Å². The highest BCUT2D eigenvalue weighted by Gasteiger charge is 2.36. The van der Waals surface area contributed by atoms with Crippen molar-refractivity contribution in [2.24, 2.45) is 5.92 Å². The predicted octanol–water partition coefficient (Wildman–Crippen LogP) is 2.80. The highest BCUT2D eigenvalue weighted by molar-refractivity contribution is 7.17. The minimum absolute atomic E-state index is 0.595. The van der Waals surface area contributed by atoms with Crippen molar-refractivity contribution < 1.29 is 0 Å². The summed E-state index contributed by atoms with van der Waals surface area (Å²) in [6, 6.07) is 4.57. The van der Waals surface area contributed by atoms with E-state index in [1.165, 1.54) is 30.6 Å². The first-order valence-electron chi connectivity index (χ1n) is 5.30. The third-order valence-corrected chi connectivity index (χ3v) is 3.76. The first-order valence-corrected chi connectivity index (χ1v) is 6.12. The van der Waals surface area contributed by atoms with Gasteiger partial charge in [-0.05, 0) is 24.8 Å². The highest BCUT2D eigenvalue weighted by atomic mass is 32.1. The van der Waals surface area contributed by atoms with Gasteiger partial charge in [-0.2, -0.15) is 5.26 Å². The molecule has 1 fully saturated rings. The van der Waals surface area contributed by atoms with E-state index in [0.717, 1.165) is 10.9 Å². The van der Waals surface area contributed by atoms with Crippen LogP contribution in [-0.2, 0) is 0 Å². The van der Waals surface area contributed by atoms with Crippen molar-refractivity contribution in [2.45, 2.75) is 32.2 Å². The Bertz CT molecular complexity index is 391. The fourth-order valence-electron chi connectivity index (χ4n) is 1.86. The van der Waals surface area contributed by atoms with Gasteiger partial charge in [0.2, 0.25) is 0 Å². The second-order valence-corrected chi connectivity index (χ2v) is 5.09. The van der Waals surface area contributed by atoms with Crippen molar-refractivity contribution in [3.05, 3.63) is 10.9 Å². The van der Waals surface area contributed by atoms with Gasteiger partial charge in [-0.1, -0.05) is 13.3 Å². The summed E-state index contributed by atoms with van der Waals surface area (Å²) in [5.41, 5.74) is 6.28. The molecule has 2 unspecified atom stereocenters. The molecule has 3 nitrogen and oxygen atoms in total.